The molecule has 0 amide bonds. The number of aryl methyl sites for hydroxylation is 1. The van der Waals surface area contributed by atoms with Crippen molar-refractivity contribution >= 4 is 5.96 Å². The fourth-order valence-electron chi connectivity index (χ4n) is 2.16. The quantitative estimate of drug-likeness (QED) is 0.674. The molecule has 0 fully saturated rings. The third kappa shape index (κ3) is 4.03. The topological polar surface area (TPSA) is 58.3 Å². The van der Waals surface area contributed by atoms with Crippen LogP contribution in [0.1, 0.15) is 18.3 Å². The highest BCUT2D eigenvalue weighted by Gasteiger charge is 2.09. The summed E-state index contributed by atoms with van der Waals surface area (Å²) < 4.78 is 14.9. The van der Waals surface area contributed by atoms with Crippen LogP contribution in [0.5, 0.6) is 0 Å². The Morgan fingerprint density at radius 3 is 2.73 bits per heavy atom. The molecule has 0 saturated heterocycles. The highest BCUT2D eigenvalue weighted by Crippen LogP contribution is 2.06. The van der Waals surface area contributed by atoms with Gasteiger partial charge in [0.15, 0.2) is 11.8 Å². The van der Waals surface area contributed by atoms with Gasteiger partial charge in [0.1, 0.15) is 12.1 Å². The Labute approximate surface area is 129 Å². The number of benzene rings is 1. The van der Waals surface area contributed by atoms with Gasteiger partial charge in [0.05, 0.1) is 6.54 Å². The lowest BCUT2D eigenvalue weighted by Gasteiger charge is -2.22. The maximum atomic E-state index is 12.9. The van der Waals surface area contributed by atoms with Crippen molar-refractivity contribution in [3.8, 4) is 0 Å². The Morgan fingerprint density at radius 1 is 1.36 bits per heavy atom. The van der Waals surface area contributed by atoms with Crippen molar-refractivity contribution in [3.63, 3.8) is 0 Å². The molecule has 1 aromatic heterocycles. The zero-order chi connectivity index (χ0) is 15.9. The molecule has 0 saturated carbocycles. The molecular weight excluding hydrogens is 283 g/mol. The maximum Gasteiger partial charge on any atom is 0.194 e. The lowest BCUT2D eigenvalue weighted by molar-refractivity contribution is 0.473. The third-order valence-electron chi connectivity index (χ3n) is 3.35. The van der Waals surface area contributed by atoms with Crippen LogP contribution in [0.3, 0.4) is 0 Å². The van der Waals surface area contributed by atoms with Crippen LogP contribution in [-0.2, 0) is 19.6 Å². The molecular formula is C15H21FN6. The van der Waals surface area contributed by atoms with E-state index in [-0.39, 0.29) is 5.82 Å². The second-order valence-corrected chi connectivity index (χ2v) is 4.92. The fraction of sp³-hybridized carbons (Fsp3) is 0.400. The Bertz CT molecular complexity index is 619. The number of nitrogens with one attached hydrogen (secondary N) is 1. The SMILES string of the molecule is CCn1cnnc1CNC(=NC)N(C)Cc1ccc(F)cc1. The van der Waals surface area contributed by atoms with Crippen molar-refractivity contribution in [2.24, 2.45) is 4.99 Å². The van der Waals surface area contributed by atoms with Crippen LogP contribution >= 0.6 is 0 Å². The lowest BCUT2D eigenvalue weighted by atomic mass is 10.2. The Hall–Kier alpha value is -2.44. The van der Waals surface area contributed by atoms with Gasteiger partial charge in [-0.3, -0.25) is 4.99 Å². The van der Waals surface area contributed by atoms with E-state index in [1.54, 1.807) is 25.5 Å². The average Bonchev–Trinajstić information content (AvgIpc) is 2.98. The summed E-state index contributed by atoms with van der Waals surface area (Å²) in [4.78, 5) is 6.23. The molecule has 0 aliphatic heterocycles. The van der Waals surface area contributed by atoms with Crippen LogP contribution in [0.4, 0.5) is 4.39 Å². The van der Waals surface area contributed by atoms with Crippen molar-refractivity contribution in [1.29, 1.82) is 0 Å². The van der Waals surface area contributed by atoms with Crippen LogP contribution in [0.25, 0.3) is 0 Å². The maximum absolute atomic E-state index is 12.9. The van der Waals surface area contributed by atoms with Gasteiger partial charge in [0.25, 0.3) is 0 Å². The van der Waals surface area contributed by atoms with Gasteiger partial charge in [-0.25, -0.2) is 4.39 Å². The molecule has 6 nitrogen and oxygen atoms in total. The predicted molar refractivity (Wildman–Crippen MR) is 83.8 cm³/mol. The smallest absolute Gasteiger partial charge is 0.194 e. The van der Waals surface area contributed by atoms with Crippen molar-refractivity contribution in [2.45, 2.75) is 26.6 Å². The Kier molecular flexibility index (Phi) is 5.46. The number of rotatable bonds is 5. The molecule has 0 aliphatic carbocycles. The van der Waals surface area contributed by atoms with Gasteiger partial charge in [-0.1, -0.05) is 12.1 Å². The van der Waals surface area contributed by atoms with E-state index >= 15 is 0 Å². The molecule has 7 heteroatoms. The normalized spacial score (nSPS) is 11.5. The second kappa shape index (κ2) is 7.53. The van der Waals surface area contributed by atoms with E-state index in [1.165, 1.54) is 12.1 Å². The van der Waals surface area contributed by atoms with Crippen molar-refractivity contribution < 1.29 is 4.39 Å². The zero-order valence-corrected chi connectivity index (χ0v) is 13.1. The number of hydrogen-bond donors (Lipinski definition) is 1. The molecule has 2 aromatic rings. The minimum atomic E-state index is -0.229. The number of aliphatic imine (C=N–C) groups is 1. The first-order valence-electron chi connectivity index (χ1n) is 7.17. The van der Waals surface area contributed by atoms with E-state index in [4.69, 9.17) is 0 Å². The summed E-state index contributed by atoms with van der Waals surface area (Å²) in [6, 6.07) is 6.46. The van der Waals surface area contributed by atoms with Gasteiger partial charge in [0.2, 0.25) is 0 Å². The zero-order valence-electron chi connectivity index (χ0n) is 13.1. The first-order valence-corrected chi connectivity index (χ1v) is 7.17. The van der Waals surface area contributed by atoms with Crippen LogP contribution in [0, 0.1) is 5.82 Å². The second-order valence-electron chi connectivity index (χ2n) is 4.92. The molecule has 22 heavy (non-hydrogen) atoms. The number of halogens is 1. The van der Waals surface area contributed by atoms with Crippen LogP contribution in [-0.4, -0.2) is 39.7 Å². The van der Waals surface area contributed by atoms with Crippen molar-refractivity contribution in [2.75, 3.05) is 14.1 Å². The summed E-state index contributed by atoms with van der Waals surface area (Å²) in [6.07, 6.45) is 1.71. The Balaban J connectivity index is 1.94. The predicted octanol–water partition coefficient (Wildman–Crippen LogP) is 1.64. The largest absolute Gasteiger partial charge is 0.349 e. The summed E-state index contributed by atoms with van der Waals surface area (Å²) in [7, 11) is 3.66. The molecule has 0 unspecified atom stereocenters. The van der Waals surface area contributed by atoms with Crippen molar-refractivity contribution in [1.82, 2.24) is 25.0 Å². The van der Waals surface area contributed by atoms with Gasteiger partial charge in [-0.15, -0.1) is 10.2 Å². The van der Waals surface area contributed by atoms with E-state index in [2.05, 4.69) is 20.5 Å². The van der Waals surface area contributed by atoms with E-state index in [1.807, 2.05) is 23.4 Å². The Morgan fingerprint density at radius 2 is 2.09 bits per heavy atom. The fourth-order valence-corrected chi connectivity index (χ4v) is 2.16. The minimum absolute atomic E-state index is 0.229. The van der Waals surface area contributed by atoms with Crippen LogP contribution in [0.15, 0.2) is 35.6 Å². The van der Waals surface area contributed by atoms with Crippen molar-refractivity contribution in [3.05, 3.63) is 47.8 Å². The number of guanidine groups is 1. The number of aromatic nitrogens is 3. The van der Waals surface area contributed by atoms with Gasteiger partial charge in [-0.2, -0.15) is 0 Å². The number of nitrogens with zero attached hydrogens (tertiary/aromatic N) is 5. The molecule has 0 bridgehead atoms. The van der Waals surface area contributed by atoms with E-state index < -0.39 is 0 Å². The molecule has 0 spiro atoms. The van der Waals surface area contributed by atoms with Gasteiger partial charge < -0.3 is 14.8 Å². The standard InChI is InChI=1S/C15H21FN6/c1-4-22-11-19-20-14(22)9-18-15(17-2)21(3)10-12-5-7-13(16)8-6-12/h5-8,11H,4,9-10H2,1-3H3,(H,17,18). The summed E-state index contributed by atoms with van der Waals surface area (Å²) in [6.45, 7) is 4.06. The average molecular weight is 304 g/mol. The monoisotopic (exact) mass is 304 g/mol. The highest BCUT2D eigenvalue weighted by molar-refractivity contribution is 5.79. The summed E-state index contributed by atoms with van der Waals surface area (Å²) in [5.41, 5.74) is 1.02. The third-order valence-corrected chi connectivity index (χ3v) is 3.35. The molecule has 1 N–H and O–H groups in total. The summed E-state index contributed by atoms with van der Waals surface area (Å²) in [5, 5.41) is 11.2. The van der Waals surface area contributed by atoms with Gasteiger partial charge in [0, 0.05) is 27.2 Å². The first kappa shape index (κ1) is 15.9. The molecule has 0 radical (unpaired) electrons. The molecule has 2 rings (SSSR count). The van der Waals surface area contributed by atoms with Gasteiger partial charge in [-0.05, 0) is 24.6 Å². The molecule has 1 heterocycles. The molecule has 1 aromatic carbocycles. The summed E-state index contributed by atoms with van der Waals surface area (Å²) in [5.74, 6) is 1.38. The minimum Gasteiger partial charge on any atom is -0.349 e. The molecule has 0 atom stereocenters. The highest BCUT2D eigenvalue weighted by atomic mass is 19.1. The summed E-state index contributed by atoms with van der Waals surface area (Å²) >= 11 is 0. The lowest BCUT2D eigenvalue weighted by Crippen LogP contribution is -2.38. The first-order chi connectivity index (χ1) is 10.6. The van der Waals surface area contributed by atoms with Gasteiger partial charge >= 0.3 is 0 Å². The van der Waals surface area contributed by atoms with E-state index in [9.17, 15) is 4.39 Å². The molecule has 0 aliphatic rings. The van der Waals surface area contributed by atoms with E-state index in [0.717, 1.165) is 23.9 Å². The molecule has 118 valence electrons. The number of hydrogen-bond acceptors (Lipinski definition) is 3. The van der Waals surface area contributed by atoms with Crippen LogP contribution in [0.2, 0.25) is 0 Å². The van der Waals surface area contributed by atoms with Crippen LogP contribution < -0.4 is 5.32 Å². The van der Waals surface area contributed by atoms with E-state index in [0.29, 0.717) is 13.1 Å².